The summed E-state index contributed by atoms with van der Waals surface area (Å²) >= 11 is 5.90. The third-order valence-electron chi connectivity index (χ3n) is 2.36. The van der Waals surface area contributed by atoms with Crippen LogP contribution in [-0.2, 0) is 4.79 Å². The van der Waals surface area contributed by atoms with Crippen LogP contribution in [0.15, 0.2) is 38.2 Å². The van der Waals surface area contributed by atoms with E-state index in [0.29, 0.717) is 9.47 Å². The second-order valence-corrected chi connectivity index (χ2v) is 7.08. The highest BCUT2D eigenvalue weighted by atomic mass is 79.9. The molecule has 0 atom stereocenters. The Kier molecular flexibility index (Phi) is 5.71. The van der Waals surface area contributed by atoms with Crippen molar-refractivity contribution >= 4 is 55.8 Å². The molecule has 0 spiro atoms. The van der Waals surface area contributed by atoms with Gasteiger partial charge in [0.05, 0.1) is 11.5 Å². The standard InChI is InChI=1S/C12H12BrN5OS2/c1-7(8-2-4-9(13)5-3-8)15-16-10(19)6-20-12-18-17-11(14)21-12/h2-5H,6H2,1H3,(H2,14,17)(H,16,19)/b15-7+. The zero-order valence-electron chi connectivity index (χ0n) is 11.0. The first kappa shape index (κ1) is 15.9. The van der Waals surface area contributed by atoms with Crippen LogP contribution in [-0.4, -0.2) is 27.6 Å². The summed E-state index contributed by atoms with van der Waals surface area (Å²) in [7, 11) is 0. The number of nitrogens with zero attached hydrogens (tertiary/aromatic N) is 3. The van der Waals surface area contributed by atoms with E-state index in [-0.39, 0.29) is 11.7 Å². The fourth-order valence-corrected chi connectivity index (χ4v) is 3.03. The number of hydrogen-bond acceptors (Lipinski definition) is 7. The van der Waals surface area contributed by atoms with E-state index in [4.69, 9.17) is 5.73 Å². The highest BCUT2D eigenvalue weighted by molar-refractivity contribution is 9.10. The van der Waals surface area contributed by atoms with Gasteiger partial charge in [-0.25, -0.2) is 5.43 Å². The maximum Gasteiger partial charge on any atom is 0.250 e. The largest absolute Gasteiger partial charge is 0.374 e. The molecule has 1 aromatic carbocycles. The fraction of sp³-hybridized carbons (Fsp3) is 0.167. The number of aromatic nitrogens is 2. The van der Waals surface area contributed by atoms with Crippen molar-refractivity contribution in [3.8, 4) is 0 Å². The van der Waals surface area contributed by atoms with Crippen LogP contribution in [0, 0.1) is 0 Å². The molecule has 0 aliphatic carbocycles. The second-order valence-electron chi connectivity index (χ2n) is 3.93. The second kappa shape index (κ2) is 7.53. The number of anilines is 1. The molecule has 21 heavy (non-hydrogen) atoms. The summed E-state index contributed by atoms with van der Waals surface area (Å²) in [6.45, 7) is 1.84. The summed E-state index contributed by atoms with van der Waals surface area (Å²) in [6, 6.07) is 7.69. The first-order valence-electron chi connectivity index (χ1n) is 5.85. The minimum Gasteiger partial charge on any atom is -0.374 e. The Labute approximate surface area is 138 Å². The number of carbonyl (C=O) groups excluding carboxylic acids is 1. The van der Waals surface area contributed by atoms with Gasteiger partial charge in [0.25, 0.3) is 5.91 Å². The number of nitrogen functional groups attached to an aromatic ring is 1. The van der Waals surface area contributed by atoms with E-state index in [1.165, 1.54) is 23.1 Å². The van der Waals surface area contributed by atoms with Crippen molar-refractivity contribution < 1.29 is 4.79 Å². The monoisotopic (exact) mass is 385 g/mol. The minimum atomic E-state index is -0.203. The van der Waals surface area contributed by atoms with Gasteiger partial charge in [-0.3, -0.25) is 4.79 Å². The Morgan fingerprint density at radius 1 is 1.43 bits per heavy atom. The van der Waals surface area contributed by atoms with Crippen LogP contribution in [0.5, 0.6) is 0 Å². The zero-order valence-corrected chi connectivity index (χ0v) is 14.3. The number of thioether (sulfide) groups is 1. The van der Waals surface area contributed by atoms with Gasteiger partial charge in [-0.2, -0.15) is 5.10 Å². The molecule has 2 rings (SSSR count). The van der Waals surface area contributed by atoms with Gasteiger partial charge >= 0.3 is 0 Å². The molecule has 0 radical (unpaired) electrons. The normalized spacial score (nSPS) is 11.4. The van der Waals surface area contributed by atoms with Crippen molar-refractivity contribution in [2.45, 2.75) is 11.3 Å². The quantitative estimate of drug-likeness (QED) is 0.468. The molecule has 9 heteroatoms. The number of carbonyl (C=O) groups is 1. The molecule has 6 nitrogen and oxygen atoms in total. The minimum absolute atomic E-state index is 0.203. The molecule has 110 valence electrons. The Bertz CT molecular complexity index is 656. The Hall–Kier alpha value is -1.45. The molecule has 0 fully saturated rings. The van der Waals surface area contributed by atoms with Gasteiger partial charge in [0.1, 0.15) is 0 Å². The molecular formula is C12H12BrN5OS2. The van der Waals surface area contributed by atoms with Crippen LogP contribution in [0.25, 0.3) is 0 Å². The first-order chi connectivity index (χ1) is 10.0. The van der Waals surface area contributed by atoms with Gasteiger partial charge in [0.2, 0.25) is 5.13 Å². The molecule has 0 saturated carbocycles. The summed E-state index contributed by atoms with van der Waals surface area (Å²) in [5.41, 5.74) is 9.66. The van der Waals surface area contributed by atoms with E-state index in [2.05, 4.69) is 36.7 Å². The molecule has 0 bridgehead atoms. The smallest absolute Gasteiger partial charge is 0.250 e. The molecular weight excluding hydrogens is 374 g/mol. The molecule has 2 aromatic rings. The molecule has 1 amide bonds. The zero-order chi connectivity index (χ0) is 15.2. The summed E-state index contributed by atoms with van der Waals surface area (Å²) in [5.74, 6) is 0.0106. The van der Waals surface area contributed by atoms with E-state index in [1.54, 1.807) is 0 Å². The molecule has 3 N–H and O–H groups in total. The first-order valence-corrected chi connectivity index (χ1v) is 8.45. The molecule has 0 unspecified atom stereocenters. The molecule has 0 aliphatic heterocycles. The van der Waals surface area contributed by atoms with E-state index in [0.717, 1.165) is 15.7 Å². The predicted octanol–water partition coefficient (Wildman–Crippen LogP) is 2.52. The lowest BCUT2D eigenvalue weighted by Crippen LogP contribution is -2.21. The lowest BCUT2D eigenvalue weighted by Gasteiger charge is -2.02. The van der Waals surface area contributed by atoms with Gasteiger partial charge < -0.3 is 5.73 Å². The van der Waals surface area contributed by atoms with Crippen molar-refractivity contribution in [1.82, 2.24) is 15.6 Å². The summed E-state index contributed by atoms with van der Waals surface area (Å²) in [5, 5.41) is 12.0. The summed E-state index contributed by atoms with van der Waals surface area (Å²) < 4.78 is 1.66. The number of rotatable bonds is 5. The number of benzene rings is 1. The Morgan fingerprint density at radius 3 is 2.76 bits per heavy atom. The molecule has 1 aromatic heterocycles. The van der Waals surface area contributed by atoms with Gasteiger partial charge in [-0.05, 0) is 24.6 Å². The average molecular weight is 386 g/mol. The van der Waals surface area contributed by atoms with Crippen LogP contribution in [0.4, 0.5) is 5.13 Å². The number of nitrogens with two attached hydrogens (primary N) is 1. The molecule has 0 saturated heterocycles. The van der Waals surface area contributed by atoms with Crippen LogP contribution >= 0.6 is 39.0 Å². The van der Waals surface area contributed by atoms with Crippen molar-refractivity contribution in [2.24, 2.45) is 5.10 Å². The third kappa shape index (κ3) is 5.10. The Balaban J connectivity index is 1.84. The van der Waals surface area contributed by atoms with E-state index >= 15 is 0 Å². The lowest BCUT2D eigenvalue weighted by molar-refractivity contribution is -0.118. The van der Waals surface area contributed by atoms with Crippen molar-refractivity contribution in [2.75, 3.05) is 11.5 Å². The number of hydrogen-bond donors (Lipinski definition) is 2. The van der Waals surface area contributed by atoms with Crippen molar-refractivity contribution in [3.05, 3.63) is 34.3 Å². The average Bonchev–Trinajstić information content (AvgIpc) is 2.89. The summed E-state index contributed by atoms with van der Waals surface area (Å²) in [4.78, 5) is 11.7. The highest BCUT2D eigenvalue weighted by Gasteiger charge is 2.06. The Morgan fingerprint density at radius 2 is 2.14 bits per heavy atom. The van der Waals surface area contributed by atoms with Gasteiger partial charge in [0.15, 0.2) is 4.34 Å². The van der Waals surface area contributed by atoms with Crippen LogP contribution in [0.1, 0.15) is 12.5 Å². The maximum atomic E-state index is 11.7. The van der Waals surface area contributed by atoms with Crippen molar-refractivity contribution in [3.63, 3.8) is 0 Å². The maximum absolute atomic E-state index is 11.7. The topological polar surface area (TPSA) is 93.3 Å². The number of hydrazone groups is 1. The number of nitrogens with one attached hydrogen (secondary N) is 1. The van der Waals surface area contributed by atoms with Crippen molar-refractivity contribution in [1.29, 1.82) is 0 Å². The van der Waals surface area contributed by atoms with Crippen LogP contribution < -0.4 is 11.2 Å². The number of amides is 1. The predicted molar refractivity (Wildman–Crippen MR) is 89.5 cm³/mol. The van der Waals surface area contributed by atoms with E-state index in [9.17, 15) is 4.79 Å². The number of halogens is 1. The van der Waals surface area contributed by atoms with Gasteiger partial charge in [-0.1, -0.05) is 51.2 Å². The van der Waals surface area contributed by atoms with Gasteiger partial charge in [-0.15, -0.1) is 10.2 Å². The molecule has 0 aliphatic rings. The van der Waals surface area contributed by atoms with E-state index in [1.807, 2.05) is 31.2 Å². The van der Waals surface area contributed by atoms with E-state index < -0.39 is 0 Å². The van der Waals surface area contributed by atoms with Crippen LogP contribution in [0.2, 0.25) is 0 Å². The van der Waals surface area contributed by atoms with Crippen LogP contribution in [0.3, 0.4) is 0 Å². The molecule has 1 heterocycles. The lowest BCUT2D eigenvalue weighted by atomic mass is 10.1. The fourth-order valence-electron chi connectivity index (χ4n) is 1.34. The van der Waals surface area contributed by atoms with Gasteiger partial charge in [0, 0.05) is 4.47 Å². The summed E-state index contributed by atoms with van der Waals surface area (Å²) in [6.07, 6.45) is 0. The SMILES string of the molecule is C/C(=N\NC(=O)CSc1nnc(N)s1)c1ccc(Br)cc1. The third-order valence-corrected chi connectivity index (χ3v) is 4.77. The highest BCUT2D eigenvalue weighted by Crippen LogP contribution is 2.22.